The summed E-state index contributed by atoms with van der Waals surface area (Å²) in [5.41, 5.74) is 0.278. The molecule has 2 rings (SSSR count). The lowest BCUT2D eigenvalue weighted by Gasteiger charge is -2.14. The van der Waals surface area contributed by atoms with E-state index in [1.165, 1.54) is 21.3 Å². The van der Waals surface area contributed by atoms with Crippen LogP contribution in [0, 0.1) is 0 Å². The Balaban J connectivity index is 2.30. The molecule has 0 saturated carbocycles. The van der Waals surface area contributed by atoms with Crippen molar-refractivity contribution in [2.24, 2.45) is 0 Å². The lowest BCUT2D eigenvalue weighted by atomic mass is 10.2. The summed E-state index contributed by atoms with van der Waals surface area (Å²) in [7, 11) is 4.47. The molecular weight excluding hydrogens is 324 g/mol. The van der Waals surface area contributed by atoms with Crippen LogP contribution in [0.3, 0.4) is 0 Å². The molecule has 0 spiro atoms. The number of carbonyl (C=O) groups excluding carboxylic acids is 1. The van der Waals surface area contributed by atoms with Gasteiger partial charge in [-0.15, -0.1) is 0 Å². The molecule has 2 aromatic rings. The Labute approximate surface area is 147 Å². The topological polar surface area (TPSA) is 63.2 Å². The van der Waals surface area contributed by atoms with Crippen molar-refractivity contribution in [1.29, 1.82) is 0 Å². The van der Waals surface area contributed by atoms with Gasteiger partial charge in [-0.2, -0.15) is 0 Å². The van der Waals surface area contributed by atoms with Gasteiger partial charge in [0, 0.05) is 0 Å². The quantitative estimate of drug-likeness (QED) is 0.536. The number of ether oxygens (including phenoxy) is 5. The minimum Gasteiger partial charge on any atom is -0.493 e. The SMILES string of the molecule is CCCOc1ccccc1OC(=O)c1cc(OC)c(OC)c(OC)c1. The maximum Gasteiger partial charge on any atom is 0.343 e. The average Bonchev–Trinajstić information content (AvgIpc) is 2.65. The third-order valence-corrected chi connectivity index (χ3v) is 3.41. The van der Waals surface area contributed by atoms with E-state index in [2.05, 4.69) is 0 Å². The first-order valence-corrected chi connectivity index (χ1v) is 7.88. The maximum atomic E-state index is 12.5. The van der Waals surface area contributed by atoms with Gasteiger partial charge in [0.1, 0.15) is 0 Å². The Hall–Kier alpha value is -2.89. The van der Waals surface area contributed by atoms with Crippen LogP contribution >= 0.6 is 0 Å². The number of esters is 1. The van der Waals surface area contributed by atoms with E-state index in [1.807, 2.05) is 13.0 Å². The van der Waals surface area contributed by atoms with Crippen LogP contribution in [0.15, 0.2) is 36.4 Å². The number of carbonyl (C=O) groups is 1. The second-order valence-electron chi connectivity index (χ2n) is 5.10. The van der Waals surface area contributed by atoms with E-state index in [0.717, 1.165) is 6.42 Å². The summed E-state index contributed by atoms with van der Waals surface area (Å²) in [5.74, 6) is 1.49. The molecule has 0 aliphatic rings. The predicted octanol–water partition coefficient (Wildman–Crippen LogP) is 3.72. The highest BCUT2D eigenvalue weighted by atomic mass is 16.6. The van der Waals surface area contributed by atoms with E-state index < -0.39 is 5.97 Å². The molecule has 2 aromatic carbocycles. The number of hydrogen-bond acceptors (Lipinski definition) is 6. The second kappa shape index (κ2) is 8.82. The van der Waals surface area contributed by atoms with Gasteiger partial charge in [-0.3, -0.25) is 0 Å². The van der Waals surface area contributed by atoms with Crippen LogP contribution < -0.4 is 23.7 Å². The third-order valence-electron chi connectivity index (χ3n) is 3.41. The molecule has 0 aliphatic carbocycles. The van der Waals surface area contributed by atoms with Crippen molar-refractivity contribution in [3.05, 3.63) is 42.0 Å². The number of methoxy groups -OCH3 is 3. The van der Waals surface area contributed by atoms with Gasteiger partial charge in [-0.05, 0) is 30.7 Å². The van der Waals surface area contributed by atoms with Crippen LogP contribution in [0.5, 0.6) is 28.7 Å². The summed E-state index contributed by atoms with van der Waals surface area (Å²) in [6.07, 6.45) is 0.856. The molecule has 0 radical (unpaired) electrons. The molecule has 0 aromatic heterocycles. The smallest absolute Gasteiger partial charge is 0.343 e. The zero-order valence-electron chi connectivity index (χ0n) is 14.8. The van der Waals surface area contributed by atoms with Crippen molar-refractivity contribution in [3.63, 3.8) is 0 Å². The molecule has 0 aliphatic heterocycles. The molecule has 0 N–H and O–H groups in total. The Morgan fingerprint density at radius 1 is 0.880 bits per heavy atom. The molecule has 134 valence electrons. The van der Waals surface area contributed by atoms with Crippen LogP contribution in [0.25, 0.3) is 0 Å². The largest absolute Gasteiger partial charge is 0.493 e. The fourth-order valence-electron chi connectivity index (χ4n) is 2.22. The Morgan fingerprint density at radius 2 is 1.48 bits per heavy atom. The Morgan fingerprint density at radius 3 is 2.00 bits per heavy atom. The van der Waals surface area contributed by atoms with Crippen molar-refractivity contribution in [1.82, 2.24) is 0 Å². The molecule has 0 atom stereocenters. The molecule has 0 unspecified atom stereocenters. The van der Waals surface area contributed by atoms with E-state index in [9.17, 15) is 4.79 Å². The first-order valence-electron chi connectivity index (χ1n) is 7.88. The van der Waals surface area contributed by atoms with E-state index in [-0.39, 0.29) is 5.56 Å². The minimum atomic E-state index is -0.549. The second-order valence-corrected chi connectivity index (χ2v) is 5.10. The first-order chi connectivity index (χ1) is 12.1. The summed E-state index contributed by atoms with van der Waals surface area (Å²) < 4.78 is 26.9. The molecule has 0 saturated heterocycles. The molecule has 0 heterocycles. The lowest BCUT2D eigenvalue weighted by Crippen LogP contribution is -2.11. The number of rotatable bonds is 8. The standard InChI is InChI=1S/C19H22O6/c1-5-10-24-14-8-6-7-9-15(14)25-19(20)13-11-16(21-2)18(23-4)17(12-13)22-3/h6-9,11-12H,5,10H2,1-4H3. The van der Waals surface area contributed by atoms with Crippen molar-refractivity contribution in [3.8, 4) is 28.7 Å². The molecule has 25 heavy (non-hydrogen) atoms. The molecule has 0 fully saturated rings. The molecule has 0 bridgehead atoms. The molecule has 6 nitrogen and oxygen atoms in total. The Kier molecular flexibility index (Phi) is 6.51. The minimum absolute atomic E-state index is 0.278. The highest BCUT2D eigenvalue weighted by molar-refractivity contribution is 5.93. The molecule has 6 heteroatoms. The van der Waals surface area contributed by atoms with Crippen molar-refractivity contribution in [2.75, 3.05) is 27.9 Å². The van der Waals surface area contributed by atoms with Gasteiger partial charge in [-0.1, -0.05) is 19.1 Å². The average molecular weight is 346 g/mol. The fourth-order valence-corrected chi connectivity index (χ4v) is 2.22. The van der Waals surface area contributed by atoms with Gasteiger partial charge in [0.05, 0.1) is 33.5 Å². The Bertz CT molecular complexity index is 701. The lowest BCUT2D eigenvalue weighted by molar-refractivity contribution is 0.0727. The van der Waals surface area contributed by atoms with Crippen LogP contribution in [-0.2, 0) is 0 Å². The number of para-hydroxylation sites is 2. The van der Waals surface area contributed by atoms with Gasteiger partial charge < -0.3 is 23.7 Å². The summed E-state index contributed by atoms with van der Waals surface area (Å²) in [6, 6.07) is 10.1. The predicted molar refractivity (Wildman–Crippen MR) is 93.3 cm³/mol. The van der Waals surface area contributed by atoms with E-state index >= 15 is 0 Å². The van der Waals surface area contributed by atoms with Crippen molar-refractivity contribution >= 4 is 5.97 Å². The summed E-state index contributed by atoms with van der Waals surface area (Å²) >= 11 is 0. The summed E-state index contributed by atoms with van der Waals surface area (Å²) in [6.45, 7) is 2.54. The number of hydrogen-bond donors (Lipinski definition) is 0. The van der Waals surface area contributed by atoms with E-state index in [0.29, 0.717) is 35.4 Å². The van der Waals surface area contributed by atoms with Crippen molar-refractivity contribution in [2.45, 2.75) is 13.3 Å². The van der Waals surface area contributed by atoms with Gasteiger partial charge >= 0.3 is 5.97 Å². The maximum absolute atomic E-state index is 12.5. The number of benzene rings is 2. The van der Waals surface area contributed by atoms with Gasteiger partial charge in [-0.25, -0.2) is 4.79 Å². The summed E-state index contributed by atoms with van der Waals surface area (Å²) in [5, 5.41) is 0. The molecule has 0 amide bonds. The van der Waals surface area contributed by atoms with Crippen LogP contribution in [0.2, 0.25) is 0 Å². The van der Waals surface area contributed by atoms with E-state index in [1.54, 1.807) is 30.3 Å². The molecular formula is C19H22O6. The fraction of sp³-hybridized carbons (Fsp3) is 0.316. The van der Waals surface area contributed by atoms with Crippen LogP contribution in [0.4, 0.5) is 0 Å². The van der Waals surface area contributed by atoms with Gasteiger partial charge in [0.15, 0.2) is 23.0 Å². The van der Waals surface area contributed by atoms with Crippen LogP contribution in [-0.4, -0.2) is 33.9 Å². The van der Waals surface area contributed by atoms with Crippen molar-refractivity contribution < 1.29 is 28.5 Å². The zero-order chi connectivity index (χ0) is 18.2. The zero-order valence-corrected chi connectivity index (χ0v) is 14.8. The first kappa shape index (κ1) is 18.4. The third kappa shape index (κ3) is 4.35. The van der Waals surface area contributed by atoms with Crippen LogP contribution in [0.1, 0.15) is 23.7 Å². The van der Waals surface area contributed by atoms with E-state index in [4.69, 9.17) is 23.7 Å². The monoisotopic (exact) mass is 346 g/mol. The highest BCUT2D eigenvalue weighted by Crippen LogP contribution is 2.38. The highest BCUT2D eigenvalue weighted by Gasteiger charge is 2.19. The van der Waals surface area contributed by atoms with Gasteiger partial charge in [0.2, 0.25) is 5.75 Å². The summed E-state index contributed by atoms with van der Waals surface area (Å²) in [4.78, 5) is 12.5. The normalized spacial score (nSPS) is 10.1. The van der Waals surface area contributed by atoms with Gasteiger partial charge in [0.25, 0.3) is 0 Å².